The van der Waals surface area contributed by atoms with Crippen LogP contribution in [0, 0.1) is 12.3 Å². The molecule has 2 N–H and O–H groups in total. The van der Waals surface area contributed by atoms with E-state index < -0.39 is 5.97 Å². The summed E-state index contributed by atoms with van der Waals surface area (Å²) in [5.74, 6) is -1.06. The van der Waals surface area contributed by atoms with Gasteiger partial charge in [-0.1, -0.05) is 32.9 Å². The lowest BCUT2D eigenvalue weighted by molar-refractivity contribution is 0.0698. The Hall–Kier alpha value is -2.04. The maximum atomic E-state index is 12.3. The van der Waals surface area contributed by atoms with E-state index in [2.05, 4.69) is 26.1 Å². The van der Waals surface area contributed by atoms with Crippen molar-refractivity contribution in [3.8, 4) is 0 Å². The van der Waals surface area contributed by atoms with E-state index in [1.807, 2.05) is 6.92 Å². The number of anilines is 1. The average Bonchev–Trinajstić information content (AvgIpc) is 2.37. The number of aryl methyl sites for hydroxylation is 1. The molecular formula is C16H24N2O3. The van der Waals surface area contributed by atoms with Gasteiger partial charge in [-0.25, -0.2) is 9.59 Å². The van der Waals surface area contributed by atoms with E-state index in [0.29, 0.717) is 5.69 Å². The average molecular weight is 292 g/mol. The third-order valence-electron chi connectivity index (χ3n) is 3.89. The van der Waals surface area contributed by atoms with Crippen molar-refractivity contribution in [1.82, 2.24) is 4.90 Å². The third kappa shape index (κ3) is 3.97. The number of amides is 2. The first-order valence-corrected chi connectivity index (χ1v) is 6.92. The molecule has 1 aromatic carbocycles. The van der Waals surface area contributed by atoms with Crippen molar-refractivity contribution in [2.75, 3.05) is 12.4 Å². The van der Waals surface area contributed by atoms with Gasteiger partial charge in [0.05, 0.1) is 11.3 Å². The number of carbonyl (C=O) groups is 2. The van der Waals surface area contributed by atoms with Crippen molar-refractivity contribution in [2.24, 2.45) is 5.41 Å². The standard InChI is InChI=1S/C16H24N2O3/c1-10-8-7-9-12(14(19)20)13(10)17-15(21)18(6)11(2)16(3,4)5/h7-9,11H,1-6H3,(H,17,21)(H,19,20). The van der Waals surface area contributed by atoms with Crippen LogP contribution < -0.4 is 5.32 Å². The van der Waals surface area contributed by atoms with Gasteiger partial charge >= 0.3 is 12.0 Å². The topological polar surface area (TPSA) is 69.6 Å². The van der Waals surface area contributed by atoms with Crippen LogP contribution >= 0.6 is 0 Å². The Morgan fingerprint density at radius 1 is 1.29 bits per heavy atom. The molecule has 1 unspecified atom stereocenters. The van der Waals surface area contributed by atoms with Crippen molar-refractivity contribution >= 4 is 17.7 Å². The fourth-order valence-corrected chi connectivity index (χ4v) is 1.96. The molecule has 5 nitrogen and oxygen atoms in total. The lowest BCUT2D eigenvalue weighted by Gasteiger charge is -2.35. The summed E-state index contributed by atoms with van der Waals surface area (Å²) in [4.78, 5) is 25.2. The first kappa shape index (κ1) is 17.0. The summed E-state index contributed by atoms with van der Waals surface area (Å²) in [6.45, 7) is 9.90. The minimum absolute atomic E-state index is 0.00907. The second kappa shape index (κ2) is 6.16. The Morgan fingerprint density at radius 3 is 2.33 bits per heavy atom. The Kier molecular flexibility index (Phi) is 4.99. The molecule has 1 aromatic rings. The normalized spacial score (nSPS) is 12.7. The van der Waals surface area contributed by atoms with Gasteiger partial charge in [-0.05, 0) is 30.9 Å². The van der Waals surface area contributed by atoms with Crippen molar-refractivity contribution in [3.63, 3.8) is 0 Å². The molecule has 0 aliphatic carbocycles. The van der Waals surface area contributed by atoms with Crippen LogP contribution in [0.4, 0.5) is 10.5 Å². The first-order valence-electron chi connectivity index (χ1n) is 6.92. The van der Waals surface area contributed by atoms with Gasteiger partial charge in [-0.3, -0.25) is 0 Å². The summed E-state index contributed by atoms with van der Waals surface area (Å²) in [7, 11) is 1.71. The van der Waals surface area contributed by atoms with Crippen LogP contribution in [-0.4, -0.2) is 35.1 Å². The van der Waals surface area contributed by atoms with Gasteiger partial charge in [0.2, 0.25) is 0 Å². The predicted molar refractivity (Wildman–Crippen MR) is 83.8 cm³/mol. The number of nitrogens with one attached hydrogen (secondary N) is 1. The van der Waals surface area contributed by atoms with Gasteiger partial charge in [0.25, 0.3) is 0 Å². The number of carbonyl (C=O) groups excluding carboxylic acids is 1. The monoisotopic (exact) mass is 292 g/mol. The van der Waals surface area contributed by atoms with Crippen molar-refractivity contribution in [1.29, 1.82) is 0 Å². The molecule has 0 saturated heterocycles. The minimum atomic E-state index is -1.06. The molecule has 116 valence electrons. The number of nitrogens with zero attached hydrogens (tertiary/aromatic N) is 1. The molecule has 21 heavy (non-hydrogen) atoms. The Bertz CT molecular complexity index is 547. The summed E-state index contributed by atoms with van der Waals surface area (Å²) < 4.78 is 0. The Balaban J connectivity index is 3.02. The molecule has 0 fully saturated rings. The lowest BCUT2D eigenvalue weighted by Crippen LogP contribution is -2.45. The summed E-state index contributed by atoms with van der Waals surface area (Å²) in [6, 6.07) is 4.62. The highest BCUT2D eigenvalue weighted by Crippen LogP contribution is 2.25. The highest BCUT2D eigenvalue weighted by Gasteiger charge is 2.27. The first-order chi connectivity index (χ1) is 9.55. The van der Waals surface area contributed by atoms with Crippen LogP contribution in [0.5, 0.6) is 0 Å². The minimum Gasteiger partial charge on any atom is -0.478 e. The molecule has 2 amide bonds. The molecule has 0 spiro atoms. The molecule has 1 rings (SSSR count). The van der Waals surface area contributed by atoms with E-state index in [-0.39, 0.29) is 23.1 Å². The highest BCUT2D eigenvalue weighted by molar-refractivity contribution is 6.01. The van der Waals surface area contributed by atoms with E-state index in [1.165, 1.54) is 6.07 Å². The smallest absolute Gasteiger partial charge is 0.337 e. The van der Waals surface area contributed by atoms with Crippen LogP contribution in [0.1, 0.15) is 43.6 Å². The SMILES string of the molecule is Cc1cccc(C(=O)O)c1NC(=O)N(C)C(C)C(C)(C)C. The van der Waals surface area contributed by atoms with Crippen molar-refractivity contribution in [2.45, 2.75) is 40.7 Å². The van der Waals surface area contributed by atoms with Gasteiger partial charge < -0.3 is 15.3 Å². The van der Waals surface area contributed by atoms with E-state index in [0.717, 1.165) is 5.56 Å². The zero-order valence-corrected chi connectivity index (χ0v) is 13.5. The van der Waals surface area contributed by atoms with Crippen molar-refractivity contribution < 1.29 is 14.7 Å². The van der Waals surface area contributed by atoms with Crippen LogP contribution in [0.2, 0.25) is 0 Å². The number of carboxylic acids is 1. The zero-order valence-electron chi connectivity index (χ0n) is 13.5. The van der Waals surface area contributed by atoms with Crippen LogP contribution in [0.3, 0.4) is 0 Å². The van der Waals surface area contributed by atoms with Gasteiger partial charge in [-0.15, -0.1) is 0 Å². The fourth-order valence-electron chi connectivity index (χ4n) is 1.96. The quantitative estimate of drug-likeness (QED) is 0.894. The van der Waals surface area contributed by atoms with Gasteiger partial charge in [0, 0.05) is 13.1 Å². The molecular weight excluding hydrogens is 268 g/mol. The number of benzene rings is 1. The van der Waals surface area contributed by atoms with Gasteiger partial charge in [0.15, 0.2) is 0 Å². The van der Waals surface area contributed by atoms with Crippen LogP contribution in [0.15, 0.2) is 18.2 Å². The summed E-state index contributed by atoms with van der Waals surface area (Å²) in [5.41, 5.74) is 1.11. The number of carboxylic acid groups (broad SMARTS) is 1. The predicted octanol–water partition coefficient (Wildman–Crippen LogP) is 3.59. The maximum Gasteiger partial charge on any atom is 0.337 e. The molecule has 0 radical (unpaired) electrons. The molecule has 0 aliphatic heterocycles. The van der Waals surface area contributed by atoms with E-state index in [4.69, 9.17) is 0 Å². The summed E-state index contributed by atoms with van der Waals surface area (Å²) in [5, 5.41) is 11.9. The molecule has 0 saturated carbocycles. The summed E-state index contributed by atoms with van der Waals surface area (Å²) >= 11 is 0. The Labute approximate surface area is 126 Å². The number of urea groups is 1. The molecule has 1 atom stereocenters. The highest BCUT2D eigenvalue weighted by atomic mass is 16.4. The van der Waals surface area contributed by atoms with Crippen LogP contribution in [-0.2, 0) is 0 Å². The Morgan fingerprint density at radius 2 is 1.86 bits per heavy atom. The lowest BCUT2D eigenvalue weighted by atomic mass is 9.87. The van der Waals surface area contributed by atoms with E-state index in [1.54, 1.807) is 31.0 Å². The second-order valence-electron chi connectivity index (χ2n) is 6.39. The zero-order chi connectivity index (χ0) is 16.4. The molecule has 0 bridgehead atoms. The number of hydrogen-bond donors (Lipinski definition) is 2. The largest absolute Gasteiger partial charge is 0.478 e. The van der Waals surface area contributed by atoms with Gasteiger partial charge in [-0.2, -0.15) is 0 Å². The fraction of sp³-hybridized carbons (Fsp3) is 0.500. The molecule has 5 heteroatoms. The second-order valence-corrected chi connectivity index (χ2v) is 6.39. The van der Waals surface area contributed by atoms with Gasteiger partial charge in [0.1, 0.15) is 0 Å². The maximum absolute atomic E-state index is 12.3. The van der Waals surface area contributed by atoms with Crippen molar-refractivity contribution in [3.05, 3.63) is 29.3 Å². The third-order valence-corrected chi connectivity index (χ3v) is 3.89. The number of aromatic carboxylic acids is 1. The summed E-state index contributed by atoms with van der Waals surface area (Å²) in [6.07, 6.45) is 0. The van der Waals surface area contributed by atoms with Crippen LogP contribution in [0.25, 0.3) is 0 Å². The van der Waals surface area contributed by atoms with E-state index in [9.17, 15) is 14.7 Å². The number of para-hydroxylation sites is 1. The number of hydrogen-bond acceptors (Lipinski definition) is 2. The van der Waals surface area contributed by atoms with E-state index >= 15 is 0 Å². The molecule has 0 aromatic heterocycles. The molecule has 0 aliphatic rings. The number of rotatable bonds is 3. The molecule has 0 heterocycles.